The highest BCUT2D eigenvalue weighted by Gasteiger charge is 2.13. The van der Waals surface area contributed by atoms with Crippen LogP contribution in [-0.2, 0) is 0 Å². The standard InChI is InChI=1S/C16H20N4/c1-12-11-14(15-5-3-13(2)18-19-15)4-6-16(12)20-9-7-17-8-10-20/h3-6,11,17-18H,2,7-10H2,1H3. The average Bonchev–Trinajstić information content (AvgIpc) is 2.49. The van der Waals surface area contributed by atoms with E-state index < -0.39 is 0 Å². The Morgan fingerprint density at radius 2 is 2.00 bits per heavy atom. The molecule has 4 nitrogen and oxygen atoms in total. The lowest BCUT2D eigenvalue weighted by molar-refractivity contribution is 0.588. The van der Waals surface area contributed by atoms with Crippen molar-refractivity contribution < 1.29 is 0 Å². The maximum Gasteiger partial charge on any atom is 0.0906 e. The summed E-state index contributed by atoms with van der Waals surface area (Å²) in [7, 11) is 0. The van der Waals surface area contributed by atoms with Crippen LogP contribution in [-0.4, -0.2) is 31.9 Å². The van der Waals surface area contributed by atoms with Gasteiger partial charge in [-0.2, -0.15) is 5.10 Å². The number of benzene rings is 1. The second-order valence-corrected chi connectivity index (χ2v) is 5.21. The summed E-state index contributed by atoms with van der Waals surface area (Å²) < 4.78 is 0. The first-order chi connectivity index (χ1) is 9.74. The van der Waals surface area contributed by atoms with Gasteiger partial charge in [-0.05, 0) is 36.8 Å². The Hall–Kier alpha value is -2.07. The van der Waals surface area contributed by atoms with E-state index in [0.29, 0.717) is 0 Å². The zero-order chi connectivity index (χ0) is 13.9. The molecule has 20 heavy (non-hydrogen) atoms. The minimum absolute atomic E-state index is 0.822. The molecule has 104 valence electrons. The number of allylic oxidation sites excluding steroid dienone is 2. The van der Waals surface area contributed by atoms with Crippen molar-refractivity contribution in [3.05, 3.63) is 53.8 Å². The van der Waals surface area contributed by atoms with Gasteiger partial charge in [0.2, 0.25) is 0 Å². The minimum atomic E-state index is 0.822. The van der Waals surface area contributed by atoms with Gasteiger partial charge in [0, 0.05) is 43.1 Å². The van der Waals surface area contributed by atoms with Crippen molar-refractivity contribution in [3.63, 3.8) is 0 Å². The molecule has 0 aliphatic carbocycles. The van der Waals surface area contributed by atoms with Gasteiger partial charge in [0.05, 0.1) is 5.71 Å². The summed E-state index contributed by atoms with van der Waals surface area (Å²) in [5.41, 5.74) is 8.45. The Kier molecular flexibility index (Phi) is 3.56. The third kappa shape index (κ3) is 2.60. The maximum absolute atomic E-state index is 4.32. The van der Waals surface area contributed by atoms with Crippen LogP contribution in [0.25, 0.3) is 0 Å². The lowest BCUT2D eigenvalue weighted by atomic mass is 10.0. The molecule has 0 spiro atoms. The van der Waals surface area contributed by atoms with Crippen LogP contribution < -0.4 is 15.6 Å². The molecule has 2 aliphatic heterocycles. The van der Waals surface area contributed by atoms with E-state index in [9.17, 15) is 0 Å². The fourth-order valence-electron chi connectivity index (χ4n) is 2.62. The van der Waals surface area contributed by atoms with Gasteiger partial charge in [0.15, 0.2) is 0 Å². The van der Waals surface area contributed by atoms with Crippen molar-refractivity contribution in [2.75, 3.05) is 31.1 Å². The molecule has 0 unspecified atom stereocenters. The van der Waals surface area contributed by atoms with Crippen molar-refractivity contribution in [1.82, 2.24) is 10.7 Å². The van der Waals surface area contributed by atoms with E-state index >= 15 is 0 Å². The van der Waals surface area contributed by atoms with Crippen LogP contribution in [0.1, 0.15) is 11.1 Å². The van der Waals surface area contributed by atoms with E-state index in [1.165, 1.54) is 11.3 Å². The maximum atomic E-state index is 4.32. The highest BCUT2D eigenvalue weighted by molar-refractivity contribution is 6.09. The Balaban J connectivity index is 1.84. The summed E-state index contributed by atoms with van der Waals surface area (Å²) in [5.74, 6) is 0. The molecule has 2 heterocycles. The molecule has 1 aromatic carbocycles. The van der Waals surface area contributed by atoms with Gasteiger partial charge in [0.1, 0.15) is 0 Å². The van der Waals surface area contributed by atoms with Crippen molar-refractivity contribution in [3.8, 4) is 0 Å². The number of hydrazone groups is 1. The first-order valence-electron chi connectivity index (χ1n) is 7.01. The van der Waals surface area contributed by atoms with E-state index in [2.05, 4.69) is 52.4 Å². The molecule has 0 aromatic heterocycles. The quantitative estimate of drug-likeness (QED) is 0.859. The first-order valence-corrected chi connectivity index (χ1v) is 7.01. The van der Waals surface area contributed by atoms with Gasteiger partial charge >= 0.3 is 0 Å². The number of aryl methyl sites for hydroxylation is 1. The number of nitrogens with one attached hydrogen (secondary N) is 2. The zero-order valence-electron chi connectivity index (χ0n) is 11.8. The van der Waals surface area contributed by atoms with Crippen LogP contribution in [0.4, 0.5) is 5.69 Å². The zero-order valence-corrected chi connectivity index (χ0v) is 11.8. The van der Waals surface area contributed by atoms with Crippen LogP contribution in [0.2, 0.25) is 0 Å². The fourth-order valence-corrected chi connectivity index (χ4v) is 2.62. The van der Waals surface area contributed by atoms with Gasteiger partial charge in [0.25, 0.3) is 0 Å². The molecular weight excluding hydrogens is 248 g/mol. The number of rotatable bonds is 2. The molecule has 1 fully saturated rings. The molecule has 0 radical (unpaired) electrons. The van der Waals surface area contributed by atoms with Crippen LogP contribution >= 0.6 is 0 Å². The van der Waals surface area contributed by atoms with Crippen molar-refractivity contribution in [2.45, 2.75) is 6.92 Å². The van der Waals surface area contributed by atoms with Crippen molar-refractivity contribution >= 4 is 11.4 Å². The molecule has 1 saturated heterocycles. The summed E-state index contributed by atoms with van der Waals surface area (Å²) in [5, 5.41) is 7.71. The second-order valence-electron chi connectivity index (χ2n) is 5.21. The Morgan fingerprint density at radius 3 is 2.65 bits per heavy atom. The molecule has 0 atom stereocenters. The lowest BCUT2D eigenvalue weighted by Crippen LogP contribution is -2.43. The molecular formula is C16H20N4. The molecule has 2 aliphatic rings. The van der Waals surface area contributed by atoms with E-state index in [1.54, 1.807) is 0 Å². The summed E-state index contributed by atoms with van der Waals surface area (Å²) in [6, 6.07) is 6.55. The van der Waals surface area contributed by atoms with Gasteiger partial charge in [-0.25, -0.2) is 0 Å². The fraction of sp³-hybridized carbons (Fsp3) is 0.312. The highest BCUT2D eigenvalue weighted by Crippen LogP contribution is 2.22. The molecule has 4 heteroatoms. The van der Waals surface area contributed by atoms with Gasteiger partial charge in [-0.15, -0.1) is 0 Å². The predicted molar refractivity (Wildman–Crippen MR) is 84.2 cm³/mol. The summed E-state index contributed by atoms with van der Waals surface area (Å²) in [4.78, 5) is 2.44. The predicted octanol–water partition coefficient (Wildman–Crippen LogP) is 1.78. The SMILES string of the molecule is C=C1C=CC(c2ccc(N3CCNCC3)c(C)c2)=NN1. The van der Waals surface area contributed by atoms with Crippen LogP contribution in [0, 0.1) is 6.92 Å². The monoisotopic (exact) mass is 268 g/mol. The van der Waals surface area contributed by atoms with Crippen molar-refractivity contribution in [1.29, 1.82) is 0 Å². The number of piperazine rings is 1. The molecule has 0 saturated carbocycles. The minimum Gasteiger partial charge on any atom is -0.369 e. The normalized spacial score (nSPS) is 18.8. The smallest absolute Gasteiger partial charge is 0.0906 e. The average molecular weight is 268 g/mol. The van der Waals surface area contributed by atoms with Crippen molar-refractivity contribution in [2.24, 2.45) is 5.10 Å². The second kappa shape index (κ2) is 5.51. The highest BCUT2D eigenvalue weighted by atomic mass is 15.3. The summed E-state index contributed by atoms with van der Waals surface area (Å²) >= 11 is 0. The van der Waals surface area contributed by atoms with Crippen LogP contribution in [0.5, 0.6) is 0 Å². The van der Waals surface area contributed by atoms with E-state index in [0.717, 1.165) is 43.2 Å². The molecule has 0 bridgehead atoms. The van der Waals surface area contributed by atoms with E-state index in [-0.39, 0.29) is 0 Å². The molecule has 2 N–H and O–H groups in total. The third-order valence-electron chi connectivity index (χ3n) is 3.71. The number of anilines is 1. The summed E-state index contributed by atoms with van der Waals surface area (Å²) in [6.07, 6.45) is 3.94. The largest absolute Gasteiger partial charge is 0.369 e. The number of hydrogen-bond donors (Lipinski definition) is 2. The van der Waals surface area contributed by atoms with Gasteiger partial charge in [-0.3, -0.25) is 5.43 Å². The number of nitrogens with zero attached hydrogens (tertiary/aromatic N) is 2. The number of hydrogen-bond acceptors (Lipinski definition) is 4. The van der Waals surface area contributed by atoms with Crippen LogP contribution in [0.15, 0.2) is 47.7 Å². The van der Waals surface area contributed by atoms with Gasteiger partial charge < -0.3 is 10.2 Å². The first kappa shape index (κ1) is 12.9. The van der Waals surface area contributed by atoms with Gasteiger partial charge in [-0.1, -0.05) is 12.6 Å². The van der Waals surface area contributed by atoms with Crippen LogP contribution in [0.3, 0.4) is 0 Å². The Morgan fingerprint density at radius 1 is 1.20 bits per heavy atom. The lowest BCUT2D eigenvalue weighted by Gasteiger charge is -2.31. The molecule has 3 rings (SSSR count). The molecule has 1 aromatic rings. The Bertz CT molecular complexity index is 580. The topological polar surface area (TPSA) is 39.7 Å². The molecule has 0 amide bonds. The van der Waals surface area contributed by atoms with E-state index in [1.807, 2.05) is 12.2 Å². The third-order valence-corrected chi connectivity index (χ3v) is 3.71. The van der Waals surface area contributed by atoms with E-state index in [4.69, 9.17) is 0 Å². The summed E-state index contributed by atoms with van der Waals surface area (Å²) in [6.45, 7) is 10.2. The Labute approximate surface area is 119 Å².